The molecule has 0 fully saturated rings. The summed E-state index contributed by atoms with van der Waals surface area (Å²) < 4.78 is 10.4. The van der Waals surface area contributed by atoms with Crippen molar-refractivity contribution >= 4 is 12.0 Å². The van der Waals surface area contributed by atoms with Crippen molar-refractivity contribution in [2.45, 2.75) is 13.3 Å². The maximum Gasteiger partial charge on any atom is 0.261 e. The van der Waals surface area contributed by atoms with Crippen LogP contribution in [0.15, 0.2) is 23.8 Å². The van der Waals surface area contributed by atoms with Crippen molar-refractivity contribution in [3.05, 3.63) is 29.3 Å². The van der Waals surface area contributed by atoms with Crippen LogP contribution in [0.2, 0.25) is 0 Å². The van der Waals surface area contributed by atoms with E-state index in [0.717, 1.165) is 6.42 Å². The average Bonchev–Trinajstić information content (AvgIpc) is 2.49. The van der Waals surface area contributed by atoms with E-state index in [-0.39, 0.29) is 11.5 Å². The molecule has 0 aliphatic heterocycles. The van der Waals surface area contributed by atoms with E-state index in [0.29, 0.717) is 23.6 Å². The van der Waals surface area contributed by atoms with Crippen molar-refractivity contribution in [2.24, 2.45) is 0 Å². The van der Waals surface area contributed by atoms with E-state index in [4.69, 9.17) is 14.7 Å². The second kappa shape index (κ2) is 7.85. The summed E-state index contributed by atoms with van der Waals surface area (Å²) >= 11 is 0. The third-order valence-corrected chi connectivity index (χ3v) is 2.63. The zero-order valence-corrected chi connectivity index (χ0v) is 11.9. The van der Waals surface area contributed by atoms with E-state index in [1.807, 2.05) is 13.0 Å². The first-order chi connectivity index (χ1) is 9.67. The first-order valence-corrected chi connectivity index (χ1v) is 6.28. The standard InChI is InChI=1S/C15H18N2O3/c1-4-8-17-15(18)12(10-16)9-11-6-5-7-13(19-2)14(11)20-3/h5-7,9H,4,8H2,1-3H3,(H,17,18)/b12-9+. The lowest BCUT2D eigenvalue weighted by Gasteiger charge is -2.10. The molecule has 0 aromatic heterocycles. The van der Waals surface area contributed by atoms with Gasteiger partial charge in [-0.3, -0.25) is 4.79 Å². The molecular weight excluding hydrogens is 256 g/mol. The number of nitrogens with zero attached hydrogens (tertiary/aromatic N) is 1. The zero-order chi connectivity index (χ0) is 15.0. The Morgan fingerprint density at radius 2 is 2.15 bits per heavy atom. The Hall–Kier alpha value is -2.48. The summed E-state index contributed by atoms with van der Waals surface area (Å²) in [4.78, 5) is 11.8. The SMILES string of the molecule is CCCNC(=O)/C(C#N)=C/c1cccc(OC)c1OC. The minimum atomic E-state index is -0.390. The van der Waals surface area contributed by atoms with Crippen LogP contribution >= 0.6 is 0 Å². The summed E-state index contributed by atoms with van der Waals surface area (Å²) in [6.45, 7) is 2.48. The first-order valence-electron chi connectivity index (χ1n) is 6.28. The summed E-state index contributed by atoms with van der Waals surface area (Å²) in [5, 5.41) is 11.8. The van der Waals surface area contributed by atoms with Crippen molar-refractivity contribution in [1.82, 2.24) is 5.32 Å². The molecule has 0 unspecified atom stereocenters. The van der Waals surface area contributed by atoms with Crippen LogP contribution in [-0.2, 0) is 4.79 Å². The van der Waals surface area contributed by atoms with Crippen molar-refractivity contribution in [1.29, 1.82) is 5.26 Å². The predicted molar refractivity (Wildman–Crippen MR) is 76.4 cm³/mol. The normalized spacial score (nSPS) is 10.6. The maximum absolute atomic E-state index is 11.8. The highest BCUT2D eigenvalue weighted by molar-refractivity contribution is 6.02. The molecule has 1 aromatic carbocycles. The predicted octanol–water partition coefficient (Wildman–Crippen LogP) is 2.14. The van der Waals surface area contributed by atoms with E-state index in [1.54, 1.807) is 18.2 Å². The van der Waals surface area contributed by atoms with Gasteiger partial charge in [0.05, 0.1) is 14.2 Å². The number of carbonyl (C=O) groups is 1. The molecule has 0 aliphatic carbocycles. The number of hydrogen-bond donors (Lipinski definition) is 1. The highest BCUT2D eigenvalue weighted by Gasteiger charge is 2.12. The van der Waals surface area contributed by atoms with Gasteiger partial charge in [0.2, 0.25) is 0 Å². The van der Waals surface area contributed by atoms with Gasteiger partial charge in [-0.2, -0.15) is 5.26 Å². The molecule has 20 heavy (non-hydrogen) atoms. The van der Waals surface area contributed by atoms with Crippen molar-refractivity contribution in [3.8, 4) is 17.6 Å². The molecule has 1 rings (SSSR count). The molecule has 0 saturated carbocycles. The van der Waals surface area contributed by atoms with E-state index in [9.17, 15) is 4.79 Å². The number of hydrogen-bond acceptors (Lipinski definition) is 4. The van der Waals surface area contributed by atoms with E-state index in [1.165, 1.54) is 20.3 Å². The third kappa shape index (κ3) is 3.75. The number of benzene rings is 1. The van der Waals surface area contributed by atoms with E-state index in [2.05, 4.69) is 5.32 Å². The lowest BCUT2D eigenvalue weighted by atomic mass is 10.1. The number of carbonyl (C=O) groups excluding carboxylic acids is 1. The average molecular weight is 274 g/mol. The molecule has 5 nitrogen and oxygen atoms in total. The minimum absolute atomic E-state index is 0.0324. The number of ether oxygens (including phenoxy) is 2. The second-order valence-corrected chi connectivity index (χ2v) is 4.01. The fourth-order valence-corrected chi connectivity index (χ4v) is 1.66. The number of amides is 1. The van der Waals surface area contributed by atoms with Crippen LogP contribution < -0.4 is 14.8 Å². The molecule has 5 heteroatoms. The number of nitrogens with one attached hydrogen (secondary N) is 1. The summed E-state index contributed by atoms with van der Waals surface area (Å²) in [6, 6.07) is 7.18. The van der Waals surface area contributed by atoms with Gasteiger partial charge in [0, 0.05) is 12.1 Å². The Balaban J connectivity index is 3.13. The fourth-order valence-electron chi connectivity index (χ4n) is 1.66. The summed E-state index contributed by atoms with van der Waals surface area (Å²) in [5.74, 6) is 0.651. The van der Waals surface area contributed by atoms with Gasteiger partial charge >= 0.3 is 0 Å². The molecule has 1 N–H and O–H groups in total. The molecule has 0 radical (unpaired) electrons. The van der Waals surface area contributed by atoms with Crippen LogP contribution in [-0.4, -0.2) is 26.7 Å². The highest BCUT2D eigenvalue weighted by Crippen LogP contribution is 2.32. The smallest absolute Gasteiger partial charge is 0.261 e. The maximum atomic E-state index is 11.8. The minimum Gasteiger partial charge on any atom is -0.493 e. The van der Waals surface area contributed by atoms with Crippen molar-refractivity contribution in [3.63, 3.8) is 0 Å². The number of methoxy groups -OCH3 is 2. The fraction of sp³-hybridized carbons (Fsp3) is 0.333. The van der Waals surface area contributed by atoms with Gasteiger partial charge < -0.3 is 14.8 Å². The molecule has 0 heterocycles. The van der Waals surface area contributed by atoms with Gasteiger partial charge in [0.1, 0.15) is 11.6 Å². The van der Waals surface area contributed by atoms with Crippen LogP contribution in [0.5, 0.6) is 11.5 Å². The molecule has 0 atom stereocenters. The molecular formula is C15H18N2O3. The second-order valence-electron chi connectivity index (χ2n) is 4.01. The van der Waals surface area contributed by atoms with E-state index < -0.39 is 0 Å². The lowest BCUT2D eigenvalue weighted by Crippen LogP contribution is -2.25. The summed E-state index contributed by atoms with van der Waals surface area (Å²) in [6.07, 6.45) is 2.30. The number of rotatable bonds is 6. The third-order valence-electron chi connectivity index (χ3n) is 2.63. The number of para-hydroxylation sites is 1. The van der Waals surface area contributed by atoms with Crippen molar-refractivity contribution < 1.29 is 14.3 Å². The quantitative estimate of drug-likeness (QED) is 0.637. The molecule has 0 spiro atoms. The molecule has 0 aliphatic rings. The van der Waals surface area contributed by atoms with Crippen LogP contribution in [0, 0.1) is 11.3 Å². The Bertz CT molecular complexity index is 545. The van der Waals surface area contributed by atoms with Gasteiger partial charge in [-0.15, -0.1) is 0 Å². The lowest BCUT2D eigenvalue weighted by molar-refractivity contribution is -0.117. The Morgan fingerprint density at radius 1 is 1.40 bits per heavy atom. The molecule has 1 aromatic rings. The Labute approximate surface area is 118 Å². The molecule has 106 valence electrons. The zero-order valence-electron chi connectivity index (χ0n) is 11.9. The molecule has 0 saturated heterocycles. The van der Waals surface area contributed by atoms with Gasteiger partial charge in [0.25, 0.3) is 5.91 Å². The van der Waals surface area contributed by atoms with Gasteiger partial charge in [-0.05, 0) is 18.6 Å². The van der Waals surface area contributed by atoms with Crippen LogP contribution in [0.25, 0.3) is 6.08 Å². The topological polar surface area (TPSA) is 71.4 Å². The first kappa shape index (κ1) is 15.6. The van der Waals surface area contributed by atoms with Crippen LogP contribution in [0.4, 0.5) is 0 Å². The van der Waals surface area contributed by atoms with Crippen LogP contribution in [0.1, 0.15) is 18.9 Å². The largest absolute Gasteiger partial charge is 0.493 e. The van der Waals surface area contributed by atoms with Gasteiger partial charge in [0.15, 0.2) is 11.5 Å². The van der Waals surface area contributed by atoms with Crippen molar-refractivity contribution in [2.75, 3.05) is 20.8 Å². The Kier molecular flexibility index (Phi) is 6.11. The van der Waals surface area contributed by atoms with Crippen LogP contribution in [0.3, 0.4) is 0 Å². The molecule has 0 bridgehead atoms. The molecule has 1 amide bonds. The monoisotopic (exact) mass is 274 g/mol. The summed E-state index contributed by atoms with van der Waals surface area (Å²) in [5.41, 5.74) is 0.653. The highest BCUT2D eigenvalue weighted by atomic mass is 16.5. The Morgan fingerprint density at radius 3 is 2.70 bits per heavy atom. The van der Waals surface area contributed by atoms with E-state index >= 15 is 0 Å². The van der Waals surface area contributed by atoms with Gasteiger partial charge in [-0.1, -0.05) is 19.1 Å². The number of nitriles is 1. The summed E-state index contributed by atoms with van der Waals surface area (Å²) in [7, 11) is 3.04. The van der Waals surface area contributed by atoms with Gasteiger partial charge in [-0.25, -0.2) is 0 Å².